The molecule has 1 heterocycles. The van der Waals surface area contributed by atoms with Gasteiger partial charge in [0.15, 0.2) is 0 Å². The molecule has 1 unspecified atom stereocenters. The van der Waals surface area contributed by atoms with Gasteiger partial charge in [0, 0.05) is 19.1 Å². The van der Waals surface area contributed by atoms with E-state index in [9.17, 15) is 24.2 Å². The van der Waals surface area contributed by atoms with Gasteiger partial charge in [0.05, 0.1) is 0 Å². The number of carbonyl (C=O) groups is 2. The van der Waals surface area contributed by atoms with Gasteiger partial charge in [-0.1, -0.05) is 54.6 Å². The molecule has 7 heteroatoms. The highest BCUT2D eigenvalue weighted by atomic mass is 31.2. The molecule has 0 saturated heterocycles. The molecule has 0 spiro atoms. The summed E-state index contributed by atoms with van der Waals surface area (Å²) in [6.07, 6.45) is 1.89. The van der Waals surface area contributed by atoms with Crippen LogP contribution in [-0.4, -0.2) is 45.1 Å². The molecule has 1 aliphatic heterocycles. The third-order valence-corrected chi connectivity index (χ3v) is 7.08. The Morgan fingerprint density at radius 1 is 1.00 bits per heavy atom. The molecule has 6 nitrogen and oxygen atoms in total. The third kappa shape index (κ3) is 5.78. The van der Waals surface area contributed by atoms with Gasteiger partial charge in [0.2, 0.25) is 13.3 Å². The summed E-state index contributed by atoms with van der Waals surface area (Å²) < 4.78 is 12.6. The van der Waals surface area contributed by atoms with Gasteiger partial charge in [-0.05, 0) is 36.0 Å². The van der Waals surface area contributed by atoms with Crippen molar-refractivity contribution in [1.82, 2.24) is 4.90 Å². The number of hydrogen-bond acceptors (Lipinski definition) is 3. The van der Waals surface area contributed by atoms with Crippen molar-refractivity contribution in [3.63, 3.8) is 0 Å². The predicted molar refractivity (Wildman–Crippen MR) is 111 cm³/mol. The predicted octanol–water partition coefficient (Wildman–Crippen LogP) is 3.32. The Bertz CT molecular complexity index is 914. The van der Waals surface area contributed by atoms with Gasteiger partial charge in [-0.25, -0.2) is 4.79 Å². The maximum Gasteiger partial charge on any atom is 0.326 e. The summed E-state index contributed by atoms with van der Waals surface area (Å²) in [7, 11) is -3.66. The number of amides is 1. The Morgan fingerprint density at radius 2 is 1.66 bits per heavy atom. The smallest absolute Gasteiger partial charge is 0.326 e. The van der Waals surface area contributed by atoms with Crippen LogP contribution in [0.15, 0.2) is 54.6 Å². The largest absolute Gasteiger partial charge is 0.480 e. The number of nitrogens with zero attached hydrogens (tertiary/aromatic N) is 1. The van der Waals surface area contributed by atoms with Crippen LogP contribution in [0.5, 0.6) is 0 Å². The summed E-state index contributed by atoms with van der Waals surface area (Å²) in [5, 5.41) is 9.54. The molecule has 0 bridgehead atoms. The van der Waals surface area contributed by atoms with Crippen LogP contribution >= 0.6 is 7.37 Å². The fourth-order valence-corrected chi connectivity index (χ4v) is 5.20. The average Bonchev–Trinajstić information content (AvgIpc) is 2.70. The second-order valence-electron chi connectivity index (χ2n) is 7.52. The summed E-state index contributed by atoms with van der Waals surface area (Å²) in [5.41, 5.74) is 2.96. The molecular weight excluding hydrogens is 389 g/mol. The maximum absolute atomic E-state index is 12.7. The van der Waals surface area contributed by atoms with Crippen molar-refractivity contribution in [3.05, 3.63) is 71.3 Å². The summed E-state index contributed by atoms with van der Waals surface area (Å²) in [5.74, 6) is -1.66. The summed E-state index contributed by atoms with van der Waals surface area (Å²) >= 11 is 0. The highest BCUT2D eigenvalue weighted by Crippen LogP contribution is 2.42. The quantitative estimate of drug-likeness (QED) is 0.510. The van der Waals surface area contributed by atoms with Gasteiger partial charge >= 0.3 is 5.97 Å². The van der Waals surface area contributed by atoms with Gasteiger partial charge in [-0.15, -0.1) is 0 Å². The summed E-state index contributed by atoms with van der Waals surface area (Å²) in [6.45, 7) is 0.153. The first kappa shape index (κ1) is 21.3. The van der Waals surface area contributed by atoms with Crippen molar-refractivity contribution in [2.75, 3.05) is 12.3 Å². The first-order valence-corrected chi connectivity index (χ1v) is 11.8. The van der Waals surface area contributed by atoms with Crippen LogP contribution in [-0.2, 0) is 33.5 Å². The Kier molecular flexibility index (Phi) is 6.88. The van der Waals surface area contributed by atoms with Gasteiger partial charge < -0.3 is 14.9 Å². The summed E-state index contributed by atoms with van der Waals surface area (Å²) in [4.78, 5) is 35.9. The van der Waals surface area contributed by atoms with Crippen LogP contribution in [0, 0.1) is 0 Å². The van der Waals surface area contributed by atoms with Crippen LogP contribution in [0.4, 0.5) is 0 Å². The lowest BCUT2D eigenvalue weighted by Crippen LogP contribution is -2.49. The molecule has 154 valence electrons. The minimum atomic E-state index is -3.66. The highest BCUT2D eigenvalue weighted by Gasteiger charge is 2.36. The van der Waals surface area contributed by atoms with Gasteiger partial charge in [-0.3, -0.25) is 9.36 Å². The van der Waals surface area contributed by atoms with Crippen molar-refractivity contribution in [2.45, 2.75) is 38.3 Å². The number of aliphatic carboxylic acids is 1. The lowest BCUT2D eigenvalue weighted by atomic mass is 9.94. The molecule has 2 N–H and O–H groups in total. The summed E-state index contributed by atoms with van der Waals surface area (Å²) in [6, 6.07) is 16.3. The molecule has 2 atom stereocenters. The van der Waals surface area contributed by atoms with Gasteiger partial charge in [-0.2, -0.15) is 0 Å². The third-order valence-electron chi connectivity index (χ3n) is 5.30. The molecule has 0 saturated carbocycles. The average molecular weight is 415 g/mol. The van der Waals surface area contributed by atoms with Crippen molar-refractivity contribution in [2.24, 2.45) is 0 Å². The molecule has 2 aromatic carbocycles. The minimum Gasteiger partial charge on any atom is -0.480 e. The Labute approximate surface area is 170 Å². The van der Waals surface area contributed by atoms with Crippen LogP contribution in [0.1, 0.15) is 29.5 Å². The van der Waals surface area contributed by atoms with E-state index in [0.717, 1.165) is 24.0 Å². The van der Waals surface area contributed by atoms with E-state index in [0.29, 0.717) is 6.42 Å². The maximum atomic E-state index is 12.7. The van der Waals surface area contributed by atoms with E-state index in [-0.39, 0.29) is 19.1 Å². The lowest BCUT2D eigenvalue weighted by Gasteiger charge is -2.34. The van der Waals surface area contributed by atoms with Crippen molar-refractivity contribution < 1.29 is 24.2 Å². The first-order chi connectivity index (χ1) is 13.9. The highest BCUT2D eigenvalue weighted by molar-refractivity contribution is 7.58. The van der Waals surface area contributed by atoms with Crippen LogP contribution < -0.4 is 0 Å². The van der Waals surface area contributed by atoms with Gasteiger partial charge in [0.1, 0.15) is 12.2 Å². The molecule has 0 fully saturated rings. The number of rotatable bonds is 8. The zero-order chi connectivity index (χ0) is 20.9. The van der Waals surface area contributed by atoms with E-state index in [1.54, 1.807) is 0 Å². The van der Waals surface area contributed by atoms with Crippen molar-refractivity contribution >= 4 is 19.2 Å². The fraction of sp³-hybridized carbons (Fsp3) is 0.364. The molecule has 0 aromatic heterocycles. The van der Waals surface area contributed by atoms with E-state index in [1.165, 1.54) is 10.5 Å². The van der Waals surface area contributed by atoms with Crippen molar-refractivity contribution in [3.8, 4) is 0 Å². The van der Waals surface area contributed by atoms with E-state index in [4.69, 9.17) is 0 Å². The van der Waals surface area contributed by atoms with E-state index in [2.05, 4.69) is 0 Å². The normalized spacial score (nSPS) is 18.0. The number of carboxylic acids is 1. The zero-order valence-electron chi connectivity index (χ0n) is 16.2. The molecule has 3 rings (SSSR count). The number of fused-ring (bicyclic) bond motifs is 1. The second kappa shape index (κ2) is 9.38. The number of aryl methyl sites for hydroxylation is 1. The first-order valence-electron chi connectivity index (χ1n) is 9.79. The fourth-order valence-electron chi connectivity index (χ4n) is 3.72. The monoisotopic (exact) mass is 415 g/mol. The second-order valence-corrected chi connectivity index (χ2v) is 9.98. The molecule has 0 aliphatic carbocycles. The van der Waals surface area contributed by atoms with Crippen LogP contribution in [0.3, 0.4) is 0 Å². The number of carbonyl (C=O) groups excluding carboxylic acids is 1. The van der Waals surface area contributed by atoms with Gasteiger partial charge in [0.25, 0.3) is 0 Å². The molecule has 1 aliphatic rings. The number of benzene rings is 2. The Morgan fingerprint density at radius 3 is 2.34 bits per heavy atom. The standard InChI is InChI=1S/C22H26NO5P/c24-21(16-29(27,28)13-7-6-10-17-8-2-1-3-9-17)23-15-19-12-5-4-11-18(19)14-20(23)22(25)26/h1-5,8-9,11-12,20H,6-7,10,13-16H2,(H,25,26)(H,27,28)/t20-/m0/s1. The van der Waals surface area contributed by atoms with E-state index >= 15 is 0 Å². The van der Waals surface area contributed by atoms with Crippen molar-refractivity contribution in [1.29, 1.82) is 0 Å². The van der Waals surface area contributed by atoms with Crippen LogP contribution in [0.25, 0.3) is 0 Å². The van der Waals surface area contributed by atoms with Crippen LogP contribution in [0.2, 0.25) is 0 Å². The number of unbranched alkanes of at least 4 members (excludes halogenated alkanes) is 1. The minimum absolute atomic E-state index is 0.0632. The zero-order valence-corrected chi connectivity index (χ0v) is 17.1. The molecule has 29 heavy (non-hydrogen) atoms. The molecule has 2 aromatic rings. The molecule has 1 amide bonds. The Balaban J connectivity index is 1.57. The van der Waals surface area contributed by atoms with E-state index < -0.39 is 31.4 Å². The topological polar surface area (TPSA) is 94.9 Å². The molecular formula is C22H26NO5P. The molecule has 0 radical (unpaired) electrons. The number of carboxylic acid groups (broad SMARTS) is 1. The van der Waals surface area contributed by atoms with E-state index in [1.807, 2.05) is 54.6 Å². The number of hydrogen-bond donors (Lipinski definition) is 2. The lowest BCUT2D eigenvalue weighted by molar-refractivity contribution is -0.150. The SMILES string of the molecule is O=C(O)[C@@H]1Cc2ccccc2CN1C(=O)CP(=O)(O)CCCCc1ccccc1. The Hall–Kier alpha value is -2.43.